The first-order chi connectivity index (χ1) is 17.7. The fraction of sp³-hybridized carbons (Fsp3) is 0.0385. The van der Waals surface area contributed by atoms with Gasteiger partial charge in [0.15, 0.2) is 0 Å². The molecule has 186 valence electrons. The lowest BCUT2D eigenvalue weighted by Gasteiger charge is -2.23. The summed E-state index contributed by atoms with van der Waals surface area (Å²) < 4.78 is 33.0. The van der Waals surface area contributed by atoms with Crippen molar-refractivity contribution in [3.8, 4) is 22.8 Å². The second-order valence-corrected chi connectivity index (χ2v) is 10.8. The zero-order valence-corrected chi connectivity index (χ0v) is 21.2. The molecule has 0 aliphatic carbocycles. The van der Waals surface area contributed by atoms with Crippen LogP contribution in [0, 0.1) is 0 Å². The molecule has 0 fully saturated rings. The summed E-state index contributed by atoms with van der Waals surface area (Å²) in [6, 6.07) is 23.4. The Morgan fingerprint density at radius 3 is 2.24 bits per heavy atom. The van der Waals surface area contributed by atoms with Gasteiger partial charge in [0, 0.05) is 21.2 Å². The molecule has 0 amide bonds. The van der Waals surface area contributed by atoms with Gasteiger partial charge in [-0.25, -0.2) is 8.42 Å². The highest BCUT2D eigenvalue weighted by molar-refractivity contribution is 7.92. The minimum Gasteiger partial charge on any atom is -0.480 e. The predicted octanol–water partition coefficient (Wildman–Crippen LogP) is 6.14. The number of halogens is 2. The number of nitrogens with zero attached hydrogens (tertiary/aromatic N) is 3. The van der Waals surface area contributed by atoms with Crippen LogP contribution in [0.4, 0.5) is 5.69 Å². The summed E-state index contributed by atoms with van der Waals surface area (Å²) in [7, 11) is -4.29. The third-order valence-corrected chi connectivity index (χ3v) is 7.71. The van der Waals surface area contributed by atoms with E-state index in [2.05, 4.69) is 10.1 Å². The normalized spacial score (nSPS) is 11.5. The fourth-order valence-electron chi connectivity index (χ4n) is 3.81. The Labute approximate surface area is 221 Å². The lowest BCUT2D eigenvalue weighted by molar-refractivity contribution is -0.135. The number of aliphatic carboxylic acids is 1. The number of anilines is 1. The molecule has 0 saturated heterocycles. The van der Waals surface area contributed by atoms with Crippen molar-refractivity contribution >= 4 is 55.7 Å². The number of carboxylic acids is 1. The summed E-state index contributed by atoms with van der Waals surface area (Å²) in [6.07, 6.45) is 0. The molecule has 0 aliphatic rings. The lowest BCUT2D eigenvalue weighted by Crippen LogP contribution is -2.35. The zero-order valence-electron chi connectivity index (χ0n) is 18.9. The lowest BCUT2D eigenvalue weighted by atomic mass is 10.1. The van der Waals surface area contributed by atoms with Crippen LogP contribution in [0.25, 0.3) is 33.6 Å². The molecule has 5 rings (SSSR count). The quantitative estimate of drug-likeness (QED) is 0.257. The summed E-state index contributed by atoms with van der Waals surface area (Å²) in [5, 5.41) is 15.2. The first-order valence-corrected chi connectivity index (χ1v) is 13.0. The Bertz CT molecular complexity index is 1720. The first kappa shape index (κ1) is 24.8. The largest absolute Gasteiger partial charge is 0.480 e. The number of hydrogen-bond acceptors (Lipinski definition) is 6. The molecule has 0 bridgehead atoms. The van der Waals surface area contributed by atoms with Crippen LogP contribution in [0.15, 0.2) is 94.3 Å². The van der Waals surface area contributed by atoms with Crippen LogP contribution in [0.2, 0.25) is 10.0 Å². The van der Waals surface area contributed by atoms with Gasteiger partial charge < -0.3 is 9.63 Å². The minimum absolute atomic E-state index is 0.115. The molecule has 8 nitrogen and oxygen atoms in total. The molecule has 0 saturated carbocycles. The number of hydrogen-bond donors (Lipinski definition) is 1. The van der Waals surface area contributed by atoms with Gasteiger partial charge in [0.2, 0.25) is 5.82 Å². The minimum atomic E-state index is -4.29. The van der Waals surface area contributed by atoms with Gasteiger partial charge in [-0.1, -0.05) is 70.8 Å². The molecule has 0 atom stereocenters. The standard InChI is InChI=1S/C26H17Cl2N3O5S/c27-20-12-21(28)14-23(13-20)37(34,35)31(15-24(32)33)22-9-8-17-10-19(7-6-18(17)11-22)26-29-25(30-36-26)16-4-2-1-3-5-16/h1-14H,15H2,(H,32,33). The fourth-order valence-corrected chi connectivity index (χ4v) is 5.94. The number of sulfonamides is 1. The highest BCUT2D eigenvalue weighted by Crippen LogP contribution is 2.32. The SMILES string of the molecule is O=C(O)CN(c1ccc2cc(-c3nc(-c4ccccc4)no3)ccc2c1)S(=O)(=O)c1cc(Cl)cc(Cl)c1. The highest BCUT2D eigenvalue weighted by Gasteiger charge is 2.28. The second-order valence-electron chi connectivity index (χ2n) is 8.05. The molecule has 0 unspecified atom stereocenters. The maximum absolute atomic E-state index is 13.4. The van der Waals surface area contributed by atoms with Crippen molar-refractivity contribution in [2.45, 2.75) is 4.90 Å². The number of benzene rings is 4. The number of carboxylic acid groups (broad SMARTS) is 1. The van der Waals surface area contributed by atoms with Gasteiger partial charge in [0.25, 0.3) is 15.9 Å². The van der Waals surface area contributed by atoms with E-state index in [0.29, 0.717) is 22.7 Å². The van der Waals surface area contributed by atoms with Gasteiger partial charge in [-0.2, -0.15) is 4.98 Å². The number of rotatable bonds is 7. The summed E-state index contributed by atoms with van der Waals surface area (Å²) in [4.78, 5) is 15.8. The molecule has 37 heavy (non-hydrogen) atoms. The molecule has 0 radical (unpaired) electrons. The first-order valence-electron chi connectivity index (χ1n) is 10.8. The molecular weight excluding hydrogens is 537 g/mol. The zero-order chi connectivity index (χ0) is 26.2. The maximum Gasteiger partial charge on any atom is 0.324 e. The average molecular weight is 554 g/mol. The molecule has 11 heteroatoms. The molecule has 1 aromatic heterocycles. The van der Waals surface area contributed by atoms with Gasteiger partial charge in [0.1, 0.15) is 6.54 Å². The van der Waals surface area contributed by atoms with Gasteiger partial charge >= 0.3 is 5.97 Å². The summed E-state index contributed by atoms with van der Waals surface area (Å²) in [6.45, 7) is -0.791. The predicted molar refractivity (Wildman–Crippen MR) is 141 cm³/mol. The average Bonchev–Trinajstić information content (AvgIpc) is 3.37. The number of aromatic nitrogens is 2. The van der Waals surface area contributed by atoms with E-state index >= 15 is 0 Å². The van der Waals surface area contributed by atoms with Crippen molar-refractivity contribution in [2.75, 3.05) is 10.8 Å². The van der Waals surface area contributed by atoms with Crippen LogP contribution < -0.4 is 4.31 Å². The van der Waals surface area contributed by atoms with Gasteiger partial charge in [-0.15, -0.1) is 0 Å². The molecule has 5 aromatic rings. The second kappa shape index (κ2) is 9.85. The van der Waals surface area contributed by atoms with Crippen LogP contribution in [0.1, 0.15) is 0 Å². The van der Waals surface area contributed by atoms with E-state index in [1.807, 2.05) is 36.4 Å². The Kier molecular flexibility index (Phi) is 6.59. The monoisotopic (exact) mass is 553 g/mol. The molecule has 0 aliphatic heterocycles. The van der Waals surface area contributed by atoms with E-state index in [1.165, 1.54) is 24.3 Å². The summed E-state index contributed by atoms with van der Waals surface area (Å²) in [5.41, 5.74) is 1.67. The Morgan fingerprint density at radius 2 is 1.54 bits per heavy atom. The third-order valence-electron chi connectivity index (χ3n) is 5.52. The van der Waals surface area contributed by atoms with Crippen molar-refractivity contribution in [3.63, 3.8) is 0 Å². The number of carbonyl (C=O) groups is 1. The van der Waals surface area contributed by atoms with E-state index in [9.17, 15) is 18.3 Å². The molecule has 4 aromatic carbocycles. The van der Waals surface area contributed by atoms with Crippen molar-refractivity contribution in [2.24, 2.45) is 0 Å². The van der Waals surface area contributed by atoms with Gasteiger partial charge in [0.05, 0.1) is 10.6 Å². The van der Waals surface area contributed by atoms with Gasteiger partial charge in [-0.05, 0) is 53.2 Å². The van der Waals surface area contributed by atoms with E-state index < -0.39 is 22.5 Å². The smallest absolute Gasteiger partial charge is 0.324 e. The van der Waals surface area contributed by atoms with Crippen LogP contribution in [-0.4, -0.2) is 36.2 Å². The van der Waals surface area contributed by atoms with Gasteiger partial charge in [-0.3, -0.25) is 9.10 Å². The van der Waals surface area contributed by atoms with Crippen LogP contribution >= 0.6 is 23.2 Å². The van der Waals surface area contributed by atoms with Crippen molar-refractivity contribution < 1.29 is 22.8 Å². The van der Waals surface area contributed by atoms with E-state index in [-0.39, 0.29) is 20.6 Å². The van der Waals surface area contributed by atoms with Crippen molar-refractivity contribution in [1.29, 1.82) is 0 Å². The van der Waals surface area contributed by atoms with Crippen molar-refractivity contribution in [3.05, 3.63) is 95.0 Å². The summed E-state index contributed by atoms with van der Waals surface area (Å²) in [5.74, 6) is -0.530. The van der Waals surface area contributed by atoms with E-state index in [1.54, 1.807) is 24.3 Å². The van der Waals surface area contributed by atoms with E-state index in [4.69, 9.17) is 27.7 Å². The molecule has 1 heterocycles. The van der Waals surface area contributed by atoms with Crippen LogP contribution in [0.5, 0.6) is 0 Å². The Balaban J connectivity index is 1.51. The Hall–Kier alpha value is -3.92. The third kappa shape index (κ3) is 5.15. The number of fused-ring (bicyclic) bond motifs is 1. The molecular formula is C26H17Cl2N3O5S. The molecule has 0 spiro atoms. The van der Waals surface area contributed by atoms with Crippen LogP contribution in [-0.2, 0) is 14.8 Å². The van der Waals surface area contributed by atoms with E-state index in [0.717, 1.165) is 15.3 Å². The Morgan fingerprint density at radius 1 is 0.865 bits per heavy atom. The topological polar surface area (TPSA) is 114 Å². The maximum atomic E-state index is 13.4. The highest BCUT2D eigenvalue weighted by atomic mass is 35.5. The summed E-state index contributed by atoms with van der Waals surface area (Å²) >= 11 is 12.0. The van der Waals surface area contributed by atoms with Crippen molar-refractivity contribution in [1.82, 2.24) is 10.1 Å². The van der Waals surface area contributed by atoms with Crippen LogP contribution in [0.3, 0.4) is 0 Å². The molecule has 1 N–H and O–H groups in total.